The van der Waals surface area contributed by atoms with Gasteiger partial charge in [-0.05, 0) is 43.4 Å². The van der Waals surface area contributed by atoms with E-state index >= 15 is 0 Å². The van der Waals surface area contributed by atoms with Gasteiger partial charge in [0.15, 0.2) is 5.82 Å². The van der Waals surface area contributed by atoms with Crippen molar-refractivity contribution in [3.63, 3.8) is 0 Å². The summed E-state index contributed by atoms with van der Waals surface area (Å²) >= 11 is 0. The average molecular weight is 296 g/mol. The summed E-state index contributed by atoms with van der Waals surface area (Å²) in [4.78, 5) is 0. The van der Waals surface area contributed by atoms with Gasteiger partial charge in [-0.1, -0.05) is 24.6 Å². The maximum absolute atomic E-state index is 9.92. The van der Waals surface area contributed by atoms with E-state index in [-0.39, 0.29) is 5.75 Å². The van der Waals surface area contributed by atoms with Crippen LogP contribution in [0.1, 0.15) is 26.2 Å². The van der Waals surface area contributed by atoms with Crippen LogP contribution in [0.15, 0.2) is 42.1 Å². The maximum atomic E-state index is 9.92. The summed E-state index contributed by atoms with van der Waals surface area (Å²) in [7, 11) is 0. The SMILES string of the molecule is CC1CC/C(=C\Nc2cc(-c3ccccc3O)nnc2N)C1. The number of para-hydroxylation sites is 1. The van der Waals surface area contributed by atoms with Crippen LogP contribution in [0.2, 0.25) is 0 Å². The van der Waals surface area contributed by atoms with E-state index in [0.29, 0.717) is 22.8 Å². The molecule has 1 heterocycles. The number of phenolic OH excluding ortho intramolecular Hbond substituents is 1. The Morgan fingerprint density at radius 1 is 1.32 bits per heavy atom. The second-order valence-electron chi connectivity index (χ2n) is 5.84. The summed E-state index contributed by atoms with van der Waals surface area (Å²) < 4.78 is 0. The minimum atomic E-state index is 0.176. The van der Waals surface area contributed by atoms with Crippen molar-refractivity contribution >= 4 is 11.5 Å². The highest BCUT2D eigenvalue weighted by Gasteiger charge is 2.15. The zero-order valence-corrected chi connectivity index (χ0v) is 12.6. The molecule has 0 saturated heterocycles. The summed E-state index contributed by atoms with van der Waals surface area (Å²) in [6.45, 7) is 2.26. The number of hydrogen-bond donors (Lipinski definition) is 3. The van der Waals surface area contributed by atoms with E-state index in [1.807, 2.05) is 18.3 Å². The summed E-state index contributed by atoms with van der Waals surface area (Å²) in [6, 6.07) is 8.86. The number of nitrogens with one attached hydrogen (secondary N) is 1. The highest BCUT2D eigenvalue weighted by atomic mass is 16.3. The fourth-order valence-corrected chi connectivity index (χ4v) is 2.73. The van der Waals surface area contributed by atoms with Crippen LogP contribution >= 0.6 is 0 Å². The van der Waals surface area contributed by atoms with Crippen molar-refractivity contribution in [1.82, 2.24) is 10.2 Å². The van der Waals surface area contributed by atoms with Crippen molar-refractivity contribution in [1.29, 1.82) is 0 Å². The fourth-order valence-electron chi connectivity index (χ4n) is 2.73. The number of allylic oxidation sites excluding steroid dienone is 1. The molecule has 0 aliphatic heterocycles. The Labute approximate surface area is 129 Å². The number of anilines is 2. The lowest BCUT2D eigenvalue weighted by molar-refractivity contribution is 0.477. The smallest absolute Gasteiger partial charge is 0.169 e. The Bertz CT molecular complexity index is 712. The Kier molecular flexibility index (Phi) is 3.96. The monoisotopic (exact) mass is 296 g/mol. The zero-order chi connectivity index (χ0) is 15.5. The Morgan fingerprint density at radius 3 is 2.86 bits per heavy atom. The van der Waals surface area contributed by atoms with E-state index in [2.05, 4.69) is 22.4 Å². The normalized spacial score (nSPS) is 19.5. The molecule has 0 bridgehead atoms. The van der Waals surface area contributed by atoms with Crippen LogP contribution in [-0.4, -0.2) is 15.3 Å². The average Bonchev–Trinajstić information content (AvgIpc) is 2.93. The van der Waals surface area contributed by atoms with Gasteiger partial charge in [-0.3, -0.25) is 0 Å². The molecular formula is C17H20N4O. The lowest BCUT2D eigenvalue weighted by Crippen LogP contribution is -2.02. The zero-order valence-electron chi connectivity index (χ0n) is 12.6. The molecule has 2 aromatic rings. The molecule has 3 rings (SSSR count). The third kappa shape index (κ3) is 3.03. The number of rotatable bonds is 3. The minimum Gasteiger partial charge on any atom is -0.507 e. The van der Waals surface area contributed by atoms with E-state index in [1.54, 1.807) is 18.2 Å². The molecule has 1 unspecified atom stereocenters. The second-order valence-corrected chi connectivity index (χ2v) is 5.84. The van der Waals surface area contributed by atoms with Crippen LogP contribution in [0, 0.1) is 5.92 Å². The first-order chi connectivity index (χ1) is 10.6. The molecule has 5 nitrogen and oxygen atoms in total. The fraction of sp³-hybridized carbons (Fsp3) is 0.294. The van der Waals surface area contributed by atoms with E-state index in [4.69, 9.17) is 5.73 Å². The van der Waals surface area contributed by atoms with E-state index in [0.717, 1.165) is 18.8 Å². The molecule has 5 heteroatoms. The molecule has 1 aromatic carbocycles. The van der Waals surface area contributed by atoms with Crippen LogP contribution in [0.3, 0.4) is 0 Å². The Balaban J connectivity index is 1.86. The summed E-state index contributed by atoms with van der Waals surface area (Å²) in [6.07, 6.45) is 5.50. The van der Waals surface area contributed by atoms with Gasteiger partial charge in [0.25, 0.3) is 0 Å². The van der Waals surface area contributed by atoms with E-state index < -0.39 is 0 Å². The highest BCUT2D eigenvalue weighted by molar-refractivity contribution is 5.73. The quantitative estimate of drug-likeness (QED) is 0.806. The van der Waals surface area contributed by atoms with Crippen molar-refractivity contribution in [3.8, 4) is 17.0 Å². The Morgan fingerprint density at radius 2 is 2.14 bits per heavy atom. The maximum Gasteiger partial charge on any atom is 0.169 e. The van der Waals surface area contributed by atoms with Crippen molar-refractivity contribution < 1.29 is 5.11 Å². The number of nitrogens with zero attached hydrogens (tertiary/aromatic N) is 2. The van der Waals surface area contributed by atoms with Gasteiger partial charge in [-0.25, -0.2) is 0 Å². The molecule has 0 spiro atoms. The number of benzene rings is 1. The predicted molar refractivity (Wildman–Crippen MR) is 88.3 cm³/mol. The van der Waals surface area contributed by atoms with Gasteiger partial charge < -0.3 is 16.2 Å². The predicted octanol–water partition coefficient (Wildman–Crippen LogP) is 3.55. The lowest BCUT2D eigenvalue weighted by Gasteiger charge is -2.08. The molecule has 22 heavy (non-hydrogen) atoms. The summed E-state index contributed by atoms with van der Waals surface area (Å²) in [5, 5.41) is 21.2. The number of nitrogens with two attached hydrogens (primary N) is 1. The van der Waals surface area contributed by atoms with Crippen LogP contribution < -0.4 is 11.1 Å². The first kappa shape index (κ1) is 14.4. The molecule has 1 atom stereocenters. The number of aromatic hydroxyl groups is 1. The molecule has 1 fully saturated rings. The number of aromatic nitrogens is 2. The van der Waals surface area contributed by atoms with Crippen molar-refractivity contribution in [2.24, 2.45) is 5.92 Å². The van der Waals surface area contributed by atoms with Gasteiger partial charge in [-0.2, -0.15) is 0 Å². The molecular weight excluding hydrogens is 276 g/mol. The molecule has 1 aliphatic rings. The topological polar surface area (TPSA) is 84.1 Å². The molecule has 0 amide bonds. The highest BCUT2D eigenvalue weighted by Crippen LogP contribution is 2.31. The Hall–Kier alpha value is -2.56. The molecule has 4 N–H and O–H groups in total. The second kappa shape index (κ2) is 6.05. The minimum absolute atomic E-state index is 0.176. The number of phenols is 1. The van der Waals surface area contributed by atoms with E-state index in [9.17, 15) is 5.11 Å². The van der Waals surface area contributed by atoms with Gasteiger partial charge in [0.1, 0.15) is 5.75 Å². The molecule has 1 aromatic heterocycles. The van der Waals surface area contributed by atoms with Crippen LogP contribution in [0.5, 0.6) is 5.75 Å². The standard InChI is InChI=1S/C17H20N4O/c1-11-6-7-12(8-11)10-19-15-9-14(20-21-17(15)18)13-4-2-3-5-16(13)22/h2-5,9-11,22H,6-8H2,1H3,(H2,18,21)(H,19,20)/b12-10+. The third-order valence-corrected chi connectivity index (χ3v) is 4.00. The van der Waals surface area contributed by atoms with Crippen molar-refractivity contribution in [3.05, 3.63) is 42.1 Å². The van der Waals surface area contributed by atoms with Crippen molar-refractivity contribution in [2.45, 2.75) is 26.2 Å². The van der Waals surface area contributed by atoms with Crippen LogP contribution in [0.4, 0.5) is 11.5 Å². The van der Waals surface area contributed by atoms with E-state index in [1.165, 1.54) is 12.0 Å². The van der Waals surface area contributed by atoms with Gasteiger partial charge in [-0.15, -0.1) is 10.2 Å². The largest absolute Gasteiger partial charge is 0.507 e. The van der Waals surface area contributed by atoms with Gasteiger partial charge in [0.2, 0.25) is 0 Å². The first-order valence-electron chi connectivity index (χ1n) is 7.49. The molecule has 114 valence electrons. The summed E-state index contributed by atoms with van der Waals surface area (Å²) in [5.41, 5.74) is 9.22. The third-order valence-electron chi connectivity index (χ3n) is 4.00. The van der Waals surface area contributed by atoms with Gasteiger partial charge >= 0.3 is 0 Å². The molecule has 1 aliphatic carbocycles. The summed E-state index contributed by atoms with van der Waals surface area (Å²) in [5.74, 6) is 1.27. The van der Waals surface area contributed by atoms with Crippen LogP contribution in [0.25, 0.3) is 11.3 Å². The lowest BCUT2D eigenvalue weighted by atomic mass is 10.1. The van der Waals surface area contributed by atoms with Crippen molar-refractivity contribution in [2.75, 3.05) is 11.1 Å². The van der Waals surface area contributed by atoms with Gasteiger partial charge in [0, 0.05) is 11.8 Å². The number of hydrogen-bond acceptors (Lipinski definition) is 5. The van der Waals surface area contributed by atoms with Crippen LogP contribution in [-0.2, 0) is 0 Å². The molecule has 0 radical (unpaired) electrons. The first-order valence-corrected chi connectivity index (χ1v) is 7.49. The molecule has 1 saturated carbocycles. The number of nitrogen functional groups attached to an aromatic ring is 1. The van der Waals surface area contributed by atoms with Gasteiger partial charge in [0.05, 0.1) is 11.4 Å².